The monoisotopic (exact) mass is 696 g/mol. The molecule has 256 valence electrons. The summed E-state index contributed by atoms with van der Waals surface area (Å²) in [4.78, 5) is 4.63. The lowest BCUT2D eigenvalue weighted by Gasteiger charge is -2.31. The van der Waals surface area contributed by atoms with Gasteiger partial charge in [-0.15, -0.1) is 0 Å². The van der Waals surface area contributed by atoms with Crippen molar-refractivity contribution >= 4 is 21.2 Å². The van der Waals surface area contributed by atoms with Gasteiger partial charge >= 0.3 is 0 Å². The van der Waals surface area contributed by atoms with Crippen LogP contribution in [0.2, 0.25) is 0 Å². The molecule has 51 heavy (non-hydrogen) atoms. The summed E-state index contributed by atoms with van der Waals surface area (Å²) >= 11 is 0. The molecule has 0 radical (unpaired) electrons. The fourth-order valence-electron chi connectivity index (χ4n) is 6.34. The maximum absolute atomic E-state index is 13.5. The molecule has 0 bridgehead atoms. The zero-order valence-electron chi connectivity index (χ0n) is 28.3. The predicted molar refractivity (Wildman–Crippen MR) is 197 cm³/mol. The van der Waals surface area contributed by atoms with E-state index in [1.807, 2.05) is 60.7 Å². The molecule has 0 aliphatic carbocycles. The molecule has 0 fully saturated rings. The zero-order valence-corrected chi connectivity index (χ0v) is 29.1. The molecule has 6 aromatic carbocycles. The lowest BCUT2D eigenvalue weighted by atomic mass is 10.1. The Labute approximate surface area is 297 Å². The Balaban J connectivity index is 0.909. The third-order valence-corrected chi connectivity index (χ3v) is 10.8. The highest BCUT2D eigenvalue weighted by Gasteiger charge is 2.21. The van der Waals surface area contributed by atoms with E-state index in [0.29, 0.717) is 36.5 Å². The molecule has 0 unspecified atom stereocenters. The van der Waals surface area contributed by atoms with Crippen molar-refractivity contribution in [3.8, 4) is 34.5 Å². The molecule has 0 amide bonds. The van der Waals surface area contributed by atoms with E-state index in [9.17, 15) is 8.42 Å². The molecule has 8 nitrogen and oxygen atoms in total. The van der Waals surface area contributed by atoms with Gasteiger partial charge in [0.15, 0.2) is 13.5 Å². The fraction of sp³-hybridized carbons (Fsp3) is 0.143. The van der Waals surface area contributed by atoms with Gasteiger partial charge in [0, 0.05) is 47.7 Å². The van der Waals surface area contributed by atoms with Crippen molar-refractivity contribution in [2.24, 2.45) is 0 Å². The van der Waals surface area contributed by atoms with Crippen molar-refractivity contribution in [3.05, 3.63) is 156 Å². The first-order valence-electron chi connectivity index (χ1n) is 16.7. The Morgan fingerprint density at radius 2 is 0.941 bits per heavy atom. The third-order valence-electron chi connectivity index (χ3n) is 9.01. The van der Waals surface area contributed by atoms with Gasteiger partial charge in [-0.3, -0.25) is 0 Å². The van der Waals surface area contributed by atoms with Crippen LogP contribution in [0.4, 0.5) is 11.4 Å². The maximum atomic E-state index is 13.5. The van der Waals surface area contributed by atoms with Gasteiger partial charge in [-0.05, 0) is 98.8 Å². The van der Waals surface area contributed by atoms with Gasteiger partial charge in [0.25, 0.3) is 0 Å². The van der Waals surface area contributed by atoms with Crippen LogP contribution in [0.5, 0.6) is 34.5 Å². The van der Waals surface area contributed by atoms with Gasteiger partial charge in [0.1, 0.15) is 34.5 Å². The van der Waals surface area contributed by atoms with E-state index in [0.717, 1.165) is 47.1 Å². The molecular formula is C42H36N2O6S. The number of fused-ring (bicyclic) bond motifs is 2. The molecule has 8 rings (SSSR count). The normalized spacial score (nSPS) is 13.8. The van der Waals surface area contributed by atoms with Gasteiger partial charge in [-0.1, -0.05) is 47.5 Å². The molecule has 0 atom stereocenters. The van der Waals surface area contributed by atoms with Gasteiger partial charge in [0.2, 0.25) is 9.84 Å². The first kappa shape index (κ1) is 32.3. The molecule has 2 aliphatic heterocycles. The first-order chi connectivity index (χ1) is 24.8. The van der Waals surface area contributed by atoms with Crippen LogP contribution in [-0.4, -0.2) is 21.9 Å². The molecule has 0 saturated carbocycles. The fourth-order valence-corrected chi connectivity index (χ4v) is 7.60. The van der Waals surface area contributed by atoms with Crippen LogP contribution in [0.3, 0.4) is 0 Å². The summed E-state index contributed by atoms with van der Waals surface area (Å²) in [5.74, 6) is 4.17. The zero-order chi connectivity index (χ0) is 35.0. The van der Waals surface area contributed by atoms with E-state index in [4.69, 9.17) is 18.9 Å². The van der Waals surface area contributed by atoms with Crippen LogP contribution < -0.4 is 28.7 Å². The third kappa shape index (κ3) is 6.93. The Kier molecular flexibility index (Phi) is 8.49. The average molecular weight is 697 g/mol. The van der Waals surface area contributed by atoms with Crippen molar-refractivity contribution in [2.75, 3.05) is 23.3 Å². The lowest BCUT2D eigenvalue weighted by molar-refractivity contribution is 0.289. The Morgan fingerprint density at radius 3 is 1.37 bits per heavy atom. The number of sulfone groups is 1. The molecule has 2 heterocycles. The largest absolute Gasteiger partial charge is 0.473 e. The Morgan fingerprint density at radius 1 is 0.510 bits per heavy atom. The molecule has 6 aromatic rings. The summed E-state index contributed by atoms with van der Waals surface area (Å²) in [6.07, 6.45) is 0. The highest BCUT2D eigenvalue weighted by Crippen LogP contribution is 2.34. The molecular weight excluding hydrogens is 661 g/mol. The Hall–Kier alpha value is -5.93. The summed E-state index contributed by atoms with van der Waals surface area (Å²) in [6, 6.07) is 40.9. The van der Waals surface area contributed by atoms with Crippen LogP contribution in [0.25, 0.3) is 0 Å². The van der Waals surface area contributed by atoms with Crippen LogP contribution >= 0.6 is 0 Å². The van der Waals surface area contributed by atoms with Gasteiger partial charge in [0.05, 0.1) is 9.79 Å². The van der Waals surface area contributed by atoms with Crippen molar-refractivity contribution in [3.63, 3.8) is 0 Å². The minimum Gasteiger partial charge on any atom is -0.473 e. The number of rotatable bonds is 8. The van der Waals surface area contributed by atoms with E-state index in [-0.39, 0.29) is 9.79 Å². The van der Waals surface area contributed by atoms with E-state index < -0.39 is 9.84 Å². The number of anilines is 2. The predicted octanol–water partition coefficient (Wildman–Crippen LogP) is 9.43. The van der Waals surface area contributed by atoms with E-state index in [2.05, 4.69) is 47.9 Å². The number of benzene rings is 6. The molecule has 0 aromatic heterocycles. The summed E-state index contributed by atoms with van der Waals surface area (Å²) in [6.45, 7) is 6.49. The maximum Gasteiger partial charge on any atom is 0.206 e. The standard InChI is InChI=1S/C42H36N2O6S/c1-29-9-19-41-31(21-29)25-43(27-47-41)33-5-3-7-37(23-33)49-35-11-15-39(16-12-35)51(45,46)40-17-13-36(14-18-40)50-38-8-4-6-34(24-38)44-26-32-22-30(2)10-20-42(32)48-28-44/h3-24H,25-28H2,1-2H3. The molecule has 0 saturated heterocycles. The second-order valence-corrected chi connectivity index (χ2v) is 14.8. The smallest absolute Gasteiger partial charge is 0.206 e. The summed E-state index contributed by atoms with van der Waals surface area (Å²) in [5, 5.41) is 0. The van der Waals surface area contributed by atoms with Crippen molar-refractivity contribution < 1.29 is 27.4 Å². The number of ether oxygens (including phenoxy) is 4. The van der Waals surface area contributed by atoms with Crippen molar-refractivity contribution in [1.29, 1.82) is 0 Å². The topological polar surface area (TPSA) is 77.5 Å². The van der Waals surface area contributed by atoms with Crippen LogP contribution in [-0.2, 0) is 22.9 Å². The van der Waals surface area contributed by atoms with Gasteiger partial charge in [-0.2, -0.15) is 0 Å². The second kappa shape index (κ2) is 13.4. The summed E-state index contributed by atoms with van der Waals surface area (Å²) < 4.78 is 51.2. The second-order valence-electron chi connectivity index (χ2n) is 12.8. The molecule has 0 spiro atoms. The van der Waals surface area contributed by atoms with Crippen LogP contribution in [0.15, 0.2) is 143 Å². The number of aryl methyl sites for hydroxylation is 2. The Bertz CT molecular complexity index is 2170. The van der Waals surface area contributed by atoms with E-state index in [1.165, 1.54) is 11.1 Å². The minimum absolute atomic E-state index is 0.171. The van der Waals surface area contributed by atoms with E-state index >= 15 is 0 Å². The quantitative estimate of drug-likeness (QED) is 0.156. The highest BCUT2D eigenvalue weighted by molar-refractivity contribution is 7.91. The number of hydrogen-bond donors (Lipinski definition) is 0. The lowest BCUT2D eigenvalue weighted by Crippen LogP contribution is -2.31. The van der Waals surface area contributed by atoms with Crippen molar-refractivity contribution in [2.45, 2.75) is 36.7 Å². The average Bonchev–Trinajstić information content (AvgIpc) is 3.15. The SMILES string of the molecule is Cc1ccc2c(c1)CN(c1cccc(Oc3ccc(S(=O)(=O)c4ccc(Oc5cccc(N6COc7ccc(C)cc7C6)c5)cc4)cc3)c1)CO2. The minimum atomic E-state index is -3.77. The van der Waals surface area contributed by atoms with Crippen LogP contribution in [0, 0.1) is 13.8 Å². The molecule has 9 heteroatoms. The van der Waals surface area contributed by atoms with Gasteiger partial charge < -0.3 is 28.7 Å². The van der Waals surface area contributed by atoms with Gasteiger partial charge in [-0.25, -0.2) is 8.42 Å². The summed E-state index contributed by atoms with van der Waals surface area (Å²) in [7, 11) is -3.77. The number of hydrogen-bond acceptors (Lipinski definition) is 8. The van der Waals surface area contributed by atoms with E-state index in [1.54, 1.807) is 48.5 Å². The van der Waals surface area contributed by atoms with Crippen LogP contribution in [0.1, 0.15) is 22.3 Å². The van der Waals surface area contributed by atoms with Crippen molar-refractivity contribution in [1.82, 2.24) is 0 Å². The number of nitrogens with zero attached hydrogens (tertiary/aromatic N) is 2. The molecule has 0 N–H and O–H groups in total. The first-order valence-corrected chi connectivity index (χ1v) is 18.2. The molecule has 2 aliphatic rings. The highest BCUT2D eigenvalue weighted by atomic mass is 32.2. The summed E-state index contributed by atoms with van der Waals surface area (Å²) in [5.41, 5.74) is 6.60.